The van der Waals surface area contributed by atoms with Crippen molar-refractivity contribution in [3.05, 3.63) is 57.9 Å². The van der Waals surface area contributed by atoms with E-state index in [9.17, 15) is 4.79 Å². The minimum Gasteiger partial charge on any atom is -0.454 e. The fourth-order valence-electron chi connectivity index (χ4n) is 3.12. The second-order valence-corrected chi connectivity index (χ2v) is 7.84. The van der Waals surface area contributed by atoms with E-state index < -0.39 is 0 Å². The molecule has 150 valence electrons. The van der Waals surface area contributed by atoms with Crippen LogP contribution in [0.2, 0.25) is 0 Å². The number of benzene rings is 2. The molecule has 1 aliphatic rings. The smallest absolute Gasteiger partial charge is 0.272 e. The molecule has 3 aromatic rings. The van der Waals surface area contributed by atoms with Gasteiger partial charge in [-0.25, -0.2) is 0 Å². The van der Waals surface area contributed by atoms with E-state index in [1.807, 2.05) is 22.8 Å². The van der Waals surface area contributed by atoms with E-state index in [-0.39, 0.29) is 12.7 Å². The standard InChI is InChI=1S/C22H22N2O4S/c1-14-10-17-20(11-15(14)2)29-22(24(17)8-9-26-3)23-21(25)7-5-16-4-6-18-19(12-16)28-13-27-18/h4-7,10-12H,8-9,13H2,1-3H3. The van der Waals surface area contributed by atoms with Crippen LogP contribution in [0.15, 0.2) is 41.4 Å². The number of fused-ring (bicyclic) bond motifs is 2. The predicted molar refractivity (Wildman–Crippen MR) is 113 cm³/mol. The van der Waals surface area contributed by atoms with Crippen LogP contribution in [0.4, 0.5) is 0 Å². The van der Waals surface area contributed by atoms with Crippen LogP contribution < -0.4 is 14.3 Å². The Balaban J connectivity index is 1.66. The highest BCUT2D eigenvalue weighted by molar-refractivity contribution is 7.16. The quantitative estimate of drug-likeness (QED) is 0.600. The topological polar surface area (TPSA) is 62.1 Å². The van der Waals surface area contributed by atoms with E-state index in [4.69, 9.17) is 14.2 Å². The van der Waals surface area contributed by atoms with Gasteiger partial charge in [-0.2, -0.15) is 4.99 Å². The zero-order chi connectivity index (χ0) is 20.4. The van der Waals surface area contributed by atoms with Gasteiger partial charge in [0, 0.05) is 19.7 Å². The first-order chi connectivity index (χ1) is 14.0. The van der Waals surface area contributed by atoms with Gasteiger partial charge in [-0.1, -0.05) is 17.4 Å². The van der Waals surface area contributed by atoms with Crippen LogP contribution in [0.3, 0.4) is 0 Å². The number of hydrogen-bond donors (Lipinski definition) is 0. The predicted octanol–water partition coefficient (Wildman–Crippen LogP) is 3.84. The van der Waals surface area contributed by atoms with Crippen LogP contribution in [-0.2, 0) is 16.1 Å². The highest BCUT2D eigenvalue weighted by Gasteiger charge is 2.12. The van der Waals surface area contributed by atoms with Gasteiger partial charge in [0.05, 0.1) is 16.8 Å². The van der Waals surface area contributed by atoms with Crippen LogP contribution in [0.1, 0.15) is 16.7 Å². The summed E-state index contributed by atoms with van der Waals surface area (Å²) in [7, 11) is 1.67. The number of aromatic nitrogens is 1. The molecule has 0 saturated carbocycles. The molecule has 6 nitrogen and oxygen atoms in total. The minimum atomic E-state index is -0.311. The van der Waals surface area contributed by atoms with Gasteiger partial charge in [0.25, 0.3) is 5.91 Å². The van der Waals surface area contributed by atoms with Crippen molar-refractivity contribution in [1.29, 1.82) is 0 Å². The molecule has 0 bridgehead atoms. The van der Waals surface area contributed by atoms with Crippen LogP contribution in [-0.4, -0.2) is 31.0 Å². The first-order valence-corrected chi connectivity index (χ1v) is 10.1. The number of thiazole rings is 1. The fraction of sp³-hybridized carbons (Fsp3) is 0.273. The Hall–Kier alpha value is -2.90. The third kappa shape index (κ3) is 4.11. The molecular formula is C22H22N2O4S. The van der Waals surface area contributed by atoms with Gasteiger partial charge in [-0.3, -0.25) is 4.79 Å². The third-order valence-electron chi connectivity index (χ3n) is 4.84. The molecule has 0 N–H and O–H groups in total. The van der Waals surface area contributed by atoms with Crippen molar-refractivity contribution in [2.75, 3.05) is 20.5 Å². The largest absolute Gasteiger partial charge is 0.454 e. The summed E-state index contributed by atoms with van der Waals surface area (Å²) in [5.74, 6) is 1.09. The van der Waals surface area contributed by atoms with Crippen LogP contribution in [0, 0.1) is 13.8 Å². The minimum absolute atomic E-state index is 0.225. The van der Waals surface area contributed by atoms with Crippen LogP contribution in [0.25, 0.3) is 16.3 Å². The van der Waals surface area contributed by atoms with Gasteiger partial charge < -0.3 is 18.8 Å². The second-order valence-electron chi connectivity index (χ2n) is 6.83. The first kappa shape index (κ1) is 19.4. The summed E-state index contributed by atoms with van der Waals surface area (Å²) in [4.78, 5) is 17.5. The summed E-state index contributed by atoms with van der Waals surface area (Å²) < 4.78 is 19.1. The van der Waals surface area contributed by atoms with Crippen molar-refractivity contribution >= 4 is 33.5 Å². The Kier molecular flexibility index (Phi) is 5.51. The highest BCUT2D eigenvalue weighted by Crippen LogP contribution is 2.32. The summed E-state index contributed by atoms with van der Waals surface area (Å²) in [6.07, 6.45) is 3.20. The molecule has 0 radical (unpaired) electrons. The Morgan fingerprint density at radius 3 is 2.83 bits per heavy atom. The molecule has 0 atom stereocenters. The number of amides is 1. The van der Waals surface area contributed by atoms with Crippen molar-refractivity contribution in [1.82, 2.24) is 4.57 Å². The van der Waals surface area contributed by atoms with Gasteiger partial charge in [-0.15, -0.1) is 0 Å². The maximum absolute atomic E-state index is 12.5. The summed E-state index contributed by atoms with van der Waals surface area (Å²) in [5, 5.41) is 0. The zero-order valence-electron chi connectivity index (χ0n) is 16.6. The molecule has 1 aliphatic heterocycles. The lowest BCUT2D eigenvalue weighted by Crippen LogP contribution is -2.19. The Morgan fingerprint density at radius 2 is 2.00 bits per heavy atom. The van der Waals surface area contributed by atoms with Crippen molar-refractivity contribution in [3.8, 4) is 11.5 Å². The van der Waals surface area contributed by atoms with Gasteiger partial charge in [0.1, 0.15) is 0 Å². The lowest BCUT2D eigenvalue weighted by atomic mass is 10.1. The molecule has 1 amide bonds. The SMILES string of the molecule is COCCn1c(=NC(=O)C=Cc2ccc3c(c2)OCO3)sc2cc(C)c(C)cc21. The monoisotopic (exact) mass is 410 g/mol. The summed E-state index contributed by atoms with van der Waals surface area (Å²) in [6.45, 7) is 5.58. The van der Waals surface area contributed by atoms with E-state index in [1.54, 1.807) is 13.2 Å². The molecule has 7 heteroatoms. The molecule has 0 saturated heterocycles. The van der Waals surface area contributed by atoms with Gasteiger partial charge >= 0.3 is 0 Å². The molecule has 0 spiro atoms. The lowest BCUT2D eigenvalue weighted by Gasteiger charge is -2.06. The fourth-order valence-corrected chi connectivity index (χ4v) is 4.26. The zero-order valence-corrected chi connectivity index (χ0v) is 17.4. The molecule has 2 aromatic carbocycles. The van der Waals surface area contributed by atoms with Crippen molar-refractivity contribution in [2.24, 2.45) is 4.99 Å². The lowest BCUT2D eigenvalue weighted by molar-refractivity contribution is -0.113. The van der Waals surface area contributed by atoms with E-state index >= 15 is 0 Å². The van der Waals surface area contributed by atoms with Gasteiger partial charge in [-0.05, 0) is 60.9 Å². The summed E-state index contributed by atoms with van der Waals surface area (Å²) in [6, 6.07) is 9.84. The first-order valence-electron chi connectivity index (χ1n) is 9.31. The summed E-state index contributed by atoms with van der Waals surface area (Å²) in [5.41, 5.74) is 4.36. The van der Waals surface area contributed by atoms with Crippen LogP contribution >= 0.6 is 11.3 Å². The normalized spacial score (nSPS) is 13.7. The Labute approximate surface area is 172 Å². The third-order valence-corrected chi connectivity index (χ3v) is 5.88. The Bertz CT molecular complexity index is 1170. The van der Waals surface area contributed by atoms with Crippen LogP contribution in [0.5, 0.6) is 11.5 Å². The molecule has 29 heavy (non-hydrogen) atoms. The number of nitrogens with zero attached hydrogens (tertiary/aromatic N) is 2. The number of rotatable bonds is 5. The van der Waals surface area contributed by atoms with E-state index in [0.29, 0.717) is 29.5 Å². The molecule has 1 aromatic heterocycles. The second kappa shape index (κ2) is 8.23. The number of ether oxygens (including phenoxy) is 3. The maximum Gasteiger partial charge on any atom is 0.272 e. The molecular weight excluding hydrogens is 388 g/mol. The maximum atomic E-state index is 12.5. The number of carbonyl (C=O) groups excluding carboxylic acids is 1. The van der Waals surface area contributed by atoms with Gasteiger partial charge in [0.15, 0.2) is 16.3 Å². The average Bonchev–Trinajstić information content (AvgIpc) is 3.29. The molecule has 0 aliphatic carbocycles. The molecule has 0 fully saturated rings. The number of aryl methyl sites for hydroxylation is 2. The summed E-state index contributed by atoms with van der Waals surface area (Å²) >= 11 is 1.51. The molecule has 4 rings (SSSR count). The number of hydrogen-bond acceptors (Lipinski definition) is 5. The molecule has 2 heterocycles. The van der Waals surface area contributed by atoms with Crippen molar-refractivity contribution in [3.63, 3.8) is 0 Å². The number of methoxy groups -OCH3 is 1. The highest BCUT2D eigenvalue weighted by atomic mass is 32.1. The van der Waals surface area contributed by atoms with E-state index in [0.717, 1.165) is 15.8 Å². The Morgan fingerprint density at radius 1 is 1.21 bits per heavy atom. The number of carbonyl (C=O) groups is 1. The average molecular weight is 410 g/mol. The van der Waals surface area contributed by atoms with Crippen molar-refractivity contribution in [2.45, 2.75) is 20.4 Å². The van der Waals surface area contributed by atoms with Crippen molar-refractivity contribution < 1.29 is 19.0 Å². The van der Waals surface area contributed by atoms with Gasteiger partial charge in [0.2, 0.25) is 6.79 Å². The molecule has 0 unspecified atom stereocenters. The van der Waals surface area contributed by atoms with E-state index in [1.165, 1.54) is 28.5 Å². The van der Waals surface area contributed by atoms with E-state index in [2.05, 4.69) is 31.0 Å².